The van der Waals surface area contributed by atoms with E-state index in [2.05, 4.69) is 22.1 Å². The first-order valence-corrected chi connectivity index (χ1v) is 10.5. The molecule has 0 radical (unpaired) electrons. The molecule has 0 atom stereocenters. The van der Waals surface area contributed by atoms with Gasteiger partial charge in [-0.15, -0.1) is 0 Å². The van der Waals surface area contributed by atoms with Crippen LogP contribution in [0.25, 0.3) is 0 Å². The number of hydrogen-bond acceptors (Lipinski definition) is 5. The lowest BCUT2D eigenvalue weighted by Crippen LogP contribution is -2.46. The van der Waals surface area contributed by atoms with Crippen molar-refractivity contribution in [3.8, 4) is 0 Å². The Morgan fingerprint density at radius 1 is 0.871 bits per heavy atom. The maximum atomic E-state index is 12.9. The third kappa shape index (κ3) is 4.54. The Labute approximate surface area is 181 Å². The zero-order chi connectivity index (χ0) is 21.7. The molecule has 0 aliphatic carbocycles. The highest BCUT2D eigenvalue weighted by Crippen LogP contribution is 2.38. The predicted molar refractivity (Wildman–Crippen MR) is 117 cm³/mol. The van der Waals surface area contributed by atoms with Crippen LogP contribution < -0.4 is 0 Å². The molecule has 158 valence electrons. The number of Topliss-reactive ketones (excluding diaryl/α,β-unsaturated/α-hetero) is 1. The van der Waals surface area contributed by atoms with Gasteiger partial charge in [-0.3, -0.25) is 9.59 Å². The molecule has 2 heterocycles. The summed E-state index contributed by atoms with van der Waals surface area (Å²) in [6.45, 7) is 0.759. The Bertz CT molecular complexity index is 1030. The van der Waals surface area contributed by atoms with E-state index in [0.717, 1.165) is 12.8 Å². The number of benzene rings is 2. The number of aromatic nitrogens is 2. The molecule has 31 heavy (non-hydrogen) atoms. The van der Waals surface area contributed by atoms with Gasteiger partial charge < -0.3 is 10.0 Å². The predicted octanol–water partition coefficient (Wildman–Crippen LogP) is 3.07. The molecule has 3 aromatic rings. The number of aliphatic hydroxyl groups is 1. The molecule has 0 bridgehead atoms. The Balaban J connectivity index is 1.55. The highest BCUT2D eigenvalue weighted by Gasteiger charge is 2.38. The van der Waals surface area contributed by atoms with Crippen LogP contribution in [0.3, 0.4) is 0 Å². The van der Waals surface area contributed by atoms with E-state index in [1.54, 1.807) is 0 Å². The second-order valence-electron chi connectivity index (χ2n) is 7.95. The topological polar surface area (TPSA) is 83.4 Å². The van der Waals surface area contributed by atoms with Gasteiger partial charge in [-0.2, -0.15) is 0 Å². The summed E-state index contributed by atoms with van der Waals surface area (Å²) in [5.41, 5.74) is 2.04. The van der Waals surface area contributed by atoms with Crippen molar-refractivity contribution in [1.29, 1.82) is 0 Å². The van der Waals surface area contributed by atoms with Gasteiger partial charge in [-0.05, 0) is 30.5 Å². The molecule has 1 fully saturated rings. The molecule has 1 N–H and O–H groups in total. The SMILES string of the molecule is O=C(CO)c1cnc(CC2(c3ccccc3)CCN(C(=O)c3ccccc3)CC2)nc1. The fourth-order valence-corrected chi connectivity index (χ4v) is 4.24. The molecule has 6 heteroatoms. The molecule has 4 rings (SSSR count). The molecular formula is C25H25N3O3. The number of piperidine rings is 1. The number of carbonyl (C=O) groups excluding carboxylic acids is 2. The van der Waals surface area contributed by atoms with Crippen LogP contribution in [0.5, 0.6) is 0 Å². The molecule has 6 nitrogen and oxygen atoms in total. The molecule has 1 aromatic heterocycles. The molecule has 2 aromatic carbocycles. The minimum absolute atomic E-state index is 0.0605. The van der Waals surface area contributed by atoms with Gasteiger partial charge in [-0.1, -0.05) is 48.5 Å². The van der Waals surface area contributed by atoms with Crippen LogP contribution in [0.2, 0.25) is 0 Å². The third-order valence-corrected chi connectivity index (χ3v) is 6.08. The second kappa shape index (κ2) is 9.18. The van der Waals surface area contributed by atoms with Gasteiger partial charge in [-0.25, -0.2) is 9.97 Å². The molecule has 0 spiro atoms. The fraction of sp³-hybridized carbons (Fsp3) is 0.280. The van der Waals surface area contributed by atoms with E-state index in [1.807, 2.05) is 53.4 Å². The minimum atomic E-state index is -0.554. The van der Waals surface area contributed by atoms with Gasteiger partial charge in [0, 0.05) is 42.9 Å². The summed E-state index contributed by atoms with van der Waals surface area (Å²) in [5, 5.41) is 9.02. The number of hydrogen-bond donors (Lipinski definition) is 1. The third-order valence-electron chi connectivity index (χ3n) is 6.08. The maximum Gasteiger partial charge on any atom is 0.253 e. The Morgan fingerprint density at radius 2 is 1.45 bits per heavy atom. The number of carbonyl (C=O) groups is 2. The van der Waals surface area contributed by atoms with Crippen molar-refractivity contribution in [3.63, 3.8) is 0 Å². The number of likely N-dealkylation sites (tertiary alicyclic amines) is 1. The highest BCUT2D eigenvalue weighted by molar-refractivity contribution is 5.96. The number of amides is 1. The van der Waals surface area contributed by atoms with E-state index in [1.165, 1.54) is 18.0 Å². The van der Waals surface area contributed by atoms with Crippen molar-refractivity contribution in [2.75, 3.05) is 19.7 Å². The summed E-state index contributed by atoms with van der Waals surface area (Å²) >= 11 is 0. The van der Waals surface area contributed by atoms with E-state index in [-0.39, 0.29) is 11.3 Å². The average molecular weight is 415 g/mol. The Morgan fingerprint density at radius 3 is 2.03 bits per heavy atom. The monoisotopic (exact) mass is 415 g/mol. The first-order chi connectivity index (χ1) is 15.1. The highest BCUT2D eigenvalue weighted by atomic mass is 16.3. The van der Waals surface area contributed by atoms with Crippen LogP contribution in [0.4, 0.5) is 0 Å². The quantitative estimate of drug-likeness (QED) is 0.626. The lowest BCUT2D eigenvalue weighted by molar-refractivity contribution is 0.0664. The summed E-state index contributed by atoms with van der Waals surface area (Å²) in [7, 11) is 0. The normalized spacial score (nSPS) is 15.5. The van der Waals surface area contributed by atoms with E-state index >= 15 is 0 Å². The van der Waals surface area contributed by atoms with Crippen LogP contribution in [0.15, 0.2) is 73.1 Å². The number of aliphatic hydroxyl groups excluding tert-OH is 1. The van der Waals surface area contributed by atoms with Crippen molar-refractivity contribution in [1.82, 2.24) is 14.9 Å². The fourth-order valence-electron chi connectivity index (χ4n) is 4.24. The zero-order valence-electron chi connectivity index (χ0n) is 17.3. The van der Waals surface area contributed by atoms with E-state index < -0.39 is 12.4 Å². The van der Waals surface area contributed by atoms with Crippen molar-refractivity contribution in [2.24, 2.45) is 0 Å². The Hall–Kier alpha value is -3.38. The molecule has 0 unspecified atom stereocenters. The van der Waals surface area contributed by atoms with Gasteiger partial charge in [0.05, 0.1) is 5.56 Å². The van der Waals surface area contributed by atoms with Crippen molar-refractivity contribution >= 4 is 11.7 Å². The summed E-state index contributed by atoms with van der Waals surface area (Å²) < 4.78 is 0. The lowest BCUT2D eigenvalue weighted by Gasteiger charge is -2.42. The first kappa shape index (κ1) is 20.9. The summed E-state index contributed by atoms with van der Waals surface area (Å²) in [5.74, 6) is 0.323. The number of rotatable bonds is 6. The molecule has 1 amide bonds. The van der Waals surface area contributed by atoms with E-state index in [9.17, 15) is 9.59 Å². The van der Waals surface area contributed by atoms with Crippen LogP contribution in [-0.2, 0) is 11.8 Å². The Kier molecular flexibility index (Phi) is 6.18. The minimum Gasteiger partial charge on any atom is -0.388 e. The van der Waals surface area contributed by atoms with Gasteiger partial charge in [0.15, 0.2) is 5.78 Å². The van der Waals surface area contributed by atoms with Crippen LogP contribution in [0.1, 0.15) is 44.9 Å². The summed E-state index contributed by atoms with van der Waals surface area (Å²) in [4.78, 5) is 35.2. The molecule has 1 aliphatic heterocycles. The van der Waals surface area contributed by atoms with Gasteiger partial charge in [0.2, 0.25) is 0 Å². The standard InChI is InChI=1S/C25H25N3O3/c29-18-22(30)20-16-26-23(27-17-20)15-25(21-9-5-2-6-10-21)11-13-28(14-12-25)24(31)19-7-3-1-4-8-19/h1-10,16-17,29H,11-15,18H2. The van der Waals surface area contributed by atoms with Crippen molar-refractivity contribution < 1.29 is 14.7 Å². The lowest BCUT2D eigenvalue weighted by atomic mass is 9.70. The van der Waals surface area contributed by atoms with Gasteiger partial charge in [0.25, 0.3) is 5.91 Å². The van der Waals surface area contributed by atoms with Crippen LogP contribution >= 0.6 is 0 Å². The molecule has 1 aliphatic rings. The maximum absolute atomic E-state index is 12.9. The van der Waals surface area contributed by atoms with Crippen LogP contribution in [0, 0.1) is 0 Å². The van der Waals surface area contributed by atoms with Gasteiger partial charge in [0.1, 0.15) is 12.4 Å². The van der Waals surface area contributed by atoms with E-state index in [4.69, 9.17) is 5.11 Å². The van der Waals surface area contributed by atoms with Gasteiger partial charge >= 0.3 is 0 Å². The number of ketones is 1. The van der Waals surface area contributed by atoms with E-state index in [0.29, 0.717) is 36.5 Å². The molecule has 1 saturated heterocycles. The number of nitrogens with zero attached hydrogens (tertiary/aromatic N) is 3. The second-order valence-corrected chi connectivity index (χ2v) is 7.95. The summed E-state index contributed by atoms with van der Waals surface area (Å²) in [6.07, 6.45) is 5.19. The molecule has 0 saturated carbocycles. The van der Waals surface area contributed by atoms with Crippen LogP contribution in [-0.4, -0.2) is 51.4 Å². The van der Waals surface area contributed by atoms with Crippen molar-refractivity contribution in [3.05, 3.63) is 95.6 Å². The van der Waals surface area contributed by atoms with Crippen molar-refractivity contribution in [2.45, 2.75) is 24.7 Å². The molecular weight excluding hydrogens is 390 g/mol. The first-order valence-electron chi connectivity index (χ1n) is 10.5. The zero-order valence-corrected chi connectivity index (χ0v) is 17.3. The summed E-state index contributed by atoms with van der Waals surface area (Å²) in [6, 6.07) is 19.7. The largest absolute Gasteiger partial charge is 0.388 e. The smallest absolute Gasteiger partial charge is 0.253 e. The average Bonchev–Trinajstić information content (AvgIpc) is 2.85.